The molecule has 28 heavy (non-hydrogen) atoms. The highest BCUT2D eigenvalue weighted by atomic mass is 35.5. The third-order valence-corrected chi connectivity index (χ3v) is 5.17. The summed E-state index contributed by atoms with van der Waals surface area (Å²) < 4.78 is 10.8. The molecule has 2 aromatic carbocycles. The van der Waals surface area contributed by atoms with E-state index in [-0.39, 0.29) is 6.79 Å². The molecule has 0 unspecified atom stereocenters. The quantitative estimate of drug-likeness (QED) is 0.717. The highest BCUT2D eigenvalue weighted by Gasteiger charge is 2.19. The van der Waals surface area contributed by atoms with Gasteiger partial charge in [-0.1, -0.05) is 23.7 Å². The SMILES string of the molecule is Clc1cccc(CN2CCc3nc(Nc4ccc5c(c4)OCO5)ncc3C2)c1. The summed E-state index contributed by atoms with van der Waals surface area (Å²) >= 11 is 6.10. The molecule has 3 aromatic rings. The molecule has 6 nitrogen and oxygen atoms in total. The molecule has 5 rings (SSSR count). The van der Waals surface area contributed by atoms with Crippen molar-refractivity contribution in [3.8, 4) is 11.5 Å². The van der Waals surface area contributed by atoms with Gasteiger partial charge in [0, 0.05) is 54.6 Å². The Kier molecular flexibility index (Phi) is 4.50. The van der Waals surface area contributed by atoms with Gasteiger partial charge in [0.15, 0.2) is 11.5 Å². The Morgan fingerprint density at radius 2 is 2.04 bits per heavy atom. The number of anilines is 2. The summed E-state index contributed by atoms with van der Waals surface area (Å²) in [5.41, 5.74) is 4.37. The van der Waals surface area contributed by atoms with Crippen LogP contribution in [0.5, 0.6) is 11.5 Å². The molecule has 0 saturated heterocycles. The molecule has 0 amide bonds. The van der Waals surface area contributed by atoms with Gasteiger partial charge in [-0.15, -0.1) is 0 Å². The first kappa shape index (κ1) is 17.3. The summed E-state index contributed by atoms with van der Waals surface area (Å²) in [5.74, 6) is 2.09. The van der Waals surface area contributed by atoms with Crippen LogP contribution in [-0.4, -0.2) is 28.2 Å². The van der Waals surface area contributed by atoms with Gasteiger partial charge in [0.1, 0.15) is 0 Å². The Bertz CT molecular complexity index is 1030. The van der Waals surface area contributed by atoms with E-state index in [2.05, 4.69) is 21.3 Å². The van der Waals surface area contributed by atoms with E-state index in [1.165, 1.54) is 11.1 Å². The van der Waals surface area contributed by atoms with E-state index in [4.69, 9.17) is 26.1 Å². The van der Waals surface area contributed by atoms with Crippen molar-refractivity contribution in [1.29, 1.82) is 0 Å². The first-order valence-electron chi connectivity index (χ1n) is 9.21. The lowest BCUT2D eigenvalue weighted by Gasteiger charge is -2.28. The van der Waals surface area contributed by atoms with Crippen LogP contribution in [0.3, 0.4) is 0 Å². The van der Waals surface area contributed by atoms with Crippen LogP contribution in [0.4, 0.5) is 11.6 Å². The molecule has 142 valence electrons. The van der Waals surface area contributed by atoms with Gasteiger partial charge in [0.05, 0.1) is 5.69 Å². The molecule has 1 aromatic heterocycles. The normalized spacial score (nSPS) is 15.3. The van der Waals surface area contributed by atoms with Gasteiger partial charge in [0.2, 0.25) is 12.7 Å². The highest BCUT2D eigenvalue weighted by Crippen LogP contribution is 2.34. The Balaban J connectivity index is 1.28. The van der Waals surface area contributed by atoms with E-state index >= 15 is 0 Å². The number of nitrogens with one attached hydrogen (secondary N) is 1. The lowest BCUT2D eigenvalue weighted by molar-refractivity contribution is 0.174. The van der Waals surface area contributed by atoms with Gasteiger partial charge in [-0.05, 0) is 29.8 Å². The van der Waals surface area contributed by atoms with Crippen molar-refractivity contribution in [2.45, 2.75) is 19.5 Å². The molecule has 1 N–H and O–H groups in total. The fraction of sp³-hybridized carbons (Fsp3) is 0.238. The molecule has 2 aliphatic rings. The van der Waals surface area contributed by atoms with Crippen LogP contribution in [0.15, 0.2) is 48.7 Å². The fourth-order valence-corrected chi connectivity index (χ4v) is 3.78. The summed E-state index contributed by atoms with van der Waals surface area (Å²) in [6, 6.07) is 13.7. The van der Waals surface area contributed by atoms with Crippen molar-refractivity contribution >= 4 is 23.2 Å². The maximum Gasteiger partial charge on any atom is 0.231 e. The van der Waals surface area contributed by atoms with Crippen LogP contribution in [-0.2, 0) is 19.5 Å². The molecule has 0 saturated carbocycles. The van der Waals surface area contributed by atoms with Gasteiger partial charge in [-0.3, -0.25) is 4.90 Å². The third-order valence-electron chi connectivity index (χ3n) is 4.94. The summed E-state index contributed by atoms with van der Waals surface area (Å²) in [7, 11) is 0. The van der Waals surface area contributed by atoms with E-state index in [0.29, 0.717) is 5.95 Å². The molecule has 0 bridgehead atoms. The summed E-state index contributed by atoms with van der Waals surface area (Å²) in [5, 5.41) is 4.03. The van der Waals surface area contributed by atoms with E-state index in [0.717, 1.165) is 54.0 Å². The van der Waals surface area contributed by atoms with Crippen LogP contribution >= 0.6 is 11.6 Å². The van der Waals surface area contributed by atoms with E-state index in [1.54, 1.807) is 0 Å². The van der Waals surface area contributed by atoms with Gasteiger partial charge in [0.25, 0.3) is 0 Å². The van der Waals surface area contributed by atoms with Crippen molar-refractivity contribution in [1.82, 2.24) is 14.9 Å². The lowest BCUT2D eigenvalue weighted by Crippen LogP contribution is -2.31. The smallest absolute Gasteiger partial charge is 0.231 e. The van der Waals surface area contributed by atoms with Crippen LogP contribution in [0, 0.1) is 0 Å². The number of ether oxygens (including phenoxy) is 2. The number of fused-ring (bicyclic) bond motifs is 2. The molecular formula is C21H19ClN4O2. The second-order valence-electron chi connectivity index (χ2n) is 6.95. The molecule has 0 radical (unpaired) electrons. The second-order valence-corrected chi connectivity index (χ2v) is 7.39. The average Bonchev–Trinajstić information content (AvgIpc) is 3.16. The van der Waals surface area contributed by atoms with Gasteiger partial charge in [-0.25, -0.2) is 9.97 Å². The predicted octanol–water partition coefficient (Wildman–Crippen LogP) is 4.16. The van der Waals surface area contributed by atoms with Crippen LogP contribution in [0.25, 0.3) is 0 Å². The first-order chi connectivity index (χ1) is 13.7. The molecule has 0 fully saturated rings. The number of benzene rings is 2. The van der Waals surface area contributed by atoms with Crippen molar-refractivity contribution in [3.05, 3.63) is 70.5 Å². The molecule has 7 heteroatoms. The summed E-state index contributed by atoms with van der Waals surface area (Å²) in [4.78, 5) is 11.6. The van der Waals surface area contributed by atoms with Crippen LogP contribution in [0.2, 0.25) is 5.02 Å². The van der Waals surface area contributed by atoms with Gasteiger partial charge < -0.3 is 14.8 Å². The Morgan fingerprint density at radius 3 is 2.96 bits per heavy atom. The molecule has 0 aliphatic carbocycles. The van der Waals surface area contributed by atoms with E-state index in [1.807, 2.05) is 42.6 Å². The van der Waals surface area contributed by atoms with Gasteiger partial charge >= 0.3 is 0 Å². The Morgan fingerprint density at radius 1 is 1.11 bits per heavy atom. The zero-order valence-corrected chi connectivity index (χ0v) is 15.9. The van der Waals surface area contributed by atoms with Crippen molar-refractivity contribution in [3.63, 3.8) is 0 Å². The number of rotatable bonds is 4. The minimum Gasteiger partial charge on any atom is -0.454 e. The summed E-state index contributed by atoms with van der Waals surface area (Å²) in [6.07, 6.45) is 2.82. The Hall–Kier alpha value is -2.83. The summed E-state index contributed by atoms with van der Waals surface area (Å²) in [6.45, 7) is 2.93. The highest BCUT2D eigenvalue weighted by molar-refractivity contribution is 6.30. The maximum atomic E-state index is 6.10. The number of halogens is 1. The molecule has 2 aliphatic heterocycles. The van der Waals surface area contributed by atoms with Crippen molar-refractivity contribution in [2.24, 2.45) is 0 Å². The minimum atomic E-state index is 0.264. The third kappa shape index (κ3) is 3.61. The molecular weight excluding hydrogens is 376 g/mol. The Labute approximate surface area is 168 Å². The fourth-order valence-electron chi connectivity index (χ4n) is 3.57. The topological polar surface area (TPSA) is 59.5 Å². The zero-order chi connectivity index (χ0) is 18.9. The predicted molar refractivity (Wildman–Crippen MR) is 107 cm³/mol. The number of nitrogens with zero attached hydrogens (tertiary/aromatic N) is 3. The first-order valence-corrected chi connectivity index (χ1v) is 9.59. The monoisotopic (exact) mass is 394 g/mol. The molecule has 0 atom stereocenters. The number of aromatic nitrogens is 2. The molecule has 3 heterocycles. The van der Waals surface area contributed by atoms with Crippen molar-refractivity contribution in [2.75, 3.05) is 18.7 Å². The van der Waals surface area contributed by atoms with E-state index < -0.39 is 0 Å². The maximum absolute atomic E-state index is 6.10. The number of hydrogen-bond acceptors (Lipinski definition) is 6. The largest absolute Gasteiger partial charge is 0.454 e. The van der Waals surface area contributed by atoms with Gasteiger partial charge in [-0.2, -0.15) is 0 Å². The lowest BCUT2D eigenvalue weighted by atomic mass is 10.1. The molecule has 0 spiro atoms. The average molecular weight is 395 g/mol. The van der Waals surface area contributed by atoms with Crippen LogP contribution in [0.1, 0.15) is 16.8 Å². The number of hydrogen-bond donors (Lipinski definition) is 1. The van der Waals surface area contributed by atoms with E-state index in [9.17, 15) is 0 Å². The van der Waals surface area contributed by atoms with Crippen molar-refractivity contribution < 1.29 is 9.47 Å². The minimum absolute atomic E-state index is 0.264. The standard InChI is InChI=1S/C21H19ClN4O2/c22-16-3-1-2-14(8-16)11-26-7-6-18-15(12-26)10-23-21(25-18)24-17-4-5-19-20(9-17)28-13-27-19/h1-5,8-10H,6-7,11-13H2,(H,23,24,25). The second kappa shape index (κ2) is 7.30. The van der Waals surface area contributed by atoms with Crippen LogP contribution < -0.4 is 14.8 Å². The zero-order valence-electron chi connectivity index (χ0n) is 15.2.